The Bertz CT molecular complexity index is 608. The molecule has 4 nitrogen and oxygen atoms in total. The Kier molecular flexibility index (Phi) is 4.93. The summed E-state index contributed by atoms with van der Waals surface area (Å²) >= 11 is 0. The van der Waals surface area contributed by atoms with Crippen LogP contribution in [0.15, 0.2) is 42.5 Å². The molecule has 0 spiro atoms. The molecular weight excluding hydrogens is 264 g/mol. The van der Waals surface area contributed by atoms with Gasteiger partial charge in [0.05, 0.1) is 7.11 Å². The van der Waals surface area contributed by atoms with Gasteiger partial charge >= 0.3 is 0 Å². The fraction of sp³-hybridized carbons (Fsp3) is 0.294. The van der Waals surface area contributed by atoms with E-state index in [1.54, 1.807) is 18.1 Å². The van der Waals surface area contributed by atoms with Crippen LogP contribution in [-0.2, 0) is 6.54 Å². The summed E-state index contributed by atoms with van der Waals surface area (Å²) in [5.74, 6) is 0.769. The summed E-state index contributed by atoms with van der Waals surface area (Å²) in [5.41, 5.74) is 2.41. The van der Waals surface area contributed by atoms with E-state index in [1.165, 1.54) is 0 Å². The molecule has 1 aromatic heterocycles. The molecule has 0 unspecified atom stereocenters. The lowest BCUT2D eigenvalue weighted by Crippen LogP contribution is -2.31. The zero-order valence-corrected chi connectivity index (χ0v) is 12.7. The third-order valence-corrected chi connectivity index (χ3v) is 3.31. The van der Waals surface area contributed by atoms with E-state index in [9.17, 15) is 4.79 Å². The first kappa shape index (κ1) is 15.0. The predicted octanol–water partition coefficient (Wildman–Crippen LogP) is 3.06. The summed E-state index contributed by atoms with van der Waals surface area (Å²) in [6, 6.07) is 13.2. The lowest BCUT2D eigenvalue weighted by atomic mass is 10.2. The standard InChI is InChI=1S/C17H20N2O2/c1-4-19(12-14-8-10-15(21-3)11-9-14)17(20)16-7-5-6-13(2)18-16/h5-11H,4,12H2,1-3H3. The van der Waals surface area contributed by atoms with Crippen molar-refractivity contribution < 1.29 is 9.53 Å². The van der Waals surface area contributed by atoms with E-state index in [0.29, 0.717) is 18.8 Å². The summed E-state index contributed by atoms with van der Waals surface area (Å²) in [4.78, 5) is 18.6. The van der Waals surface area contributed by atoms with Crippen LogP contribution >= 0.6 is 0 Å². The number of methoxy groups -OCH3 is 1. The molecule has 0 radical (unpaired) electrons. The number of amides is 1. The van der Waals surface area contributed by atoms with Crippen LogP contribution in [0.3, 0.4) is 0 Å². The van der Waals surface area contributed by atoms with E-state index in [1.807, 2.05) is 50.2 Å². The minimum absolute atomic E-state index is 0.0444. The number of ether oxygens (including phenoxy) is 1. The van der Waals surface area contributed by atoms with Crippen molar-refractivity contribution in [1.29, 1.82) is 0 Å². The van der Waals surface area contributed by atoms with Gasteiger partial charge in [-0.15, -0.1) is 0 Å². The van der Waals surface area contributed by atoms with Crippen molar-refractivity contribution >= 4 is 5.91 Å². The molecule has 2 rings (SSSR count). The average Bonchev–Trinajstić information content (AvgIpc) is 2.52. The maximum atomic E-state index is 12.5. The lowest BCUT2D eigenvalue weighted by molar-refractivity contribution is 0.0746. The smallest absolute Gasteiger partial charge is 0.272 e. The van der Waals surface area contributed by atoms with Crippen LogP contribution < -0.4 is 4.74 Å². The molecule has 4 heteroatoms. The molecule has 110 valence electrons. The second-order valence-corrected chi connectivity index (χ2v) is 4.83. The molecule has 0 fully saturated rings. The maximum absolute atomic E-state index is 12.5. The van der Waals surface area contributed by atoms with Gasteiger partial charge in [-0.25, -0.2) is 4.98 Å². The molecule has 1 heterocycles. The molecule has 0 aliphatic rings. The number of hydrogen-bond donors (Lipinski definition) is 0. The number of aromatic nitrogens is 1. The highest BCUT2D eigenvalue weighted by molar-refractivity contribution is 5.92. The van der Waals surface area contributed by atoms with E-state index in [-0.39, 0.29) is 5.91 Å². The highest BCUT2D eigenvalue weighted by atomic mass is 16.5. The quantitative estimate of drug-likeness (QED) is 0.847. The summed E-state index contributed by atoms with van der Waals surface area (Å²) in [6.45, 7) is 5.06. The lowest BCUT2D eigenvalue weighted by Gasteiger charge is -2.20. The largest absolute Gasteiger partial charge is 0.497 e. The average molecular weight is 284 g/mol. The summed E-state index contributed by atoms with van der Waals surface area (Å²) in [6.07, 6.45) is 0. The molecule has 2 aromatic rings. The van der Waals surface area contributed by atoms with Gasteiger partial charge in [0.25, 0.3) is 5.91 Å². The van der Waals surface area contributed by atoms with Crippen molar-refractivity contribution in [3.63, 3.8) is 0 Å². The van der Waals surface area contributed by atoms with Crippen LogP contribution in [0.5, 0.6) is 5.75 Å². The van der Waals surface area contributed by atoms with Crippen LogP contribution in [0, 0.1) is 6.92 Å². The van der Waals surface area contributed by atoms with E-state index in [0.717, 1.165) is 17.0 Å². The number of benzene rings is 1. The molecule has 1 amide bonds. The van der Waals surface area contributed by atoms with Gasteiger partial charge in [0, 0.05) is 18.8 Å². The predicted molar refractivity (Wildman–Crippen MR) is 82.4 cm³/mol. The Hall–Kier alpha value is -2.36. The monoisotopic (exact) mass is 284 g/mol. The highest BCUT2D eigenvalue weighted by Gasteiger charge is 2.15. The molecular formula is C17H20N2O2. The van der Waals surface area contributed by atoms with Crippen molar-refractivity contribution in [2.75, 3.05) is 13.7 Å². The van der Waals surface area contributed by atoms with Crippen LogP contribution in [0.25, 0.3) is 0 Å². The molecule has 0 atom stereocenters. The third-order valence-electron chi connectivity index (χ3n) is 3.31. The van der Waals surface area contributed by atoms with Gasteiger partial charge in [0.15, 0.2) is 0 Å². The zero-order valence-electron chi connectivity index (χ0n) is 12.7. The van der Waals surface area contributed by atoms with E-state index in [2.05, 4.69) is 4.98 Å². The van der Waals surface area contributed by atoms with Crippen LogP contribution in [0.4, 0.5) is 0 Å². The molecule has 0 N–H and O–H groups in total. The fourth-order valence-electron chi connectivity index (χ4n) is 2.10. The fourth-order valence-corrected chi connectivity index (χ4v) is 2.10. The van der Waals surface area contributed by atoms with Crippen molar-refractivity contribution in [2.24, 2.45) is 0 Å². The minimum atomic E-state index is -0.0444. The maximum Gasteiger partial charge on any atom is 0.272 e. The van der Waals surface area contributed by atoms with Crippen molar-refractivity contribution in [2.45, 2.75) is 20.4 Å². The van der Waals surface area contributed by atoms with Crippen LogP contribution in [0.1, 0.15) is 28.7 Å². The Labute approximate surface area is 125 Å². The van der Waals surface area contributed by atoms with Gasteiger partial charge in [0.2, 0.25) is 0 Å². The number of pyridine rings is 1. The summed E-state index contributed by atoms with van der Waals surface area (Å²) < 4.78 is 5.14. The minimum Gasteiger partial charge on any atom is -0.497 e. The molecule has 0 aliphatic heterocycles. The molecule has 1 aromatic carbocycles. The van der Waals surface area contributed by atoms with Gasteiger partial charge in [0.1, 0.15) is 11.4 Å². The molecule has 0 aliphatic carbocycles. The Morgan fingerprint density at radius 2 is 1.90 bits per heavy atom. The van der Waals surface area contributed by atoms with Gasteiger partial charge in [-0.3, -0.25) is 4.79 Å². The number of rotatable bonds is 5. The van der Waals surface area contributed by atoms with E-state index < -0.39 is 0 Å². The van der Waals surface area contributed by atoms with E-state index >= 15 is 0 Å². The van der Waals surface area contributed by atoms with E-state index in [4.69, 9.17) is 4.74 Å². The Morgan fingerprint density at radius 1 is 1.19 bits per heavy atom. The topological polar surface area (TPSA) is 42.4 Å². The second-order valence-electron chi connectivity index (χ2n) is 4.83. The third kappa shape index (κ3) is 3.81. The molecule has 0 bridgehead atoms. The second kappa shape index (κ2) is 6.88. The molecule has 0 saturated heterocycles. The van der Waals surface area contributed by atoms with Crippen molar-refractivity contribution in [1.82, 2.24) is 9.88 Å². The Morgan fingerprint density at radius 3 is 2.48 bits per heavy atom. The first-order valence-electron chi connectivity index (χ1n) is 7.00. The number of nitrogens with zero attached hydrogens (tertiary/aromatic N) is 2. The van der Waals surface area contributed by atoms with Gasteiger partial charge in [-0.1, -0.05) is 18.2 Å². The molecule has 0 saturated carbocycles. The van der Waals surface area contributed by atoms with Crippen molar-refractivity contribution in [3.05, 3.63) is 59.4 Å². The van der Waals surface area contributed by atoms with Crippen molar-refractivity contribution in [3.8, 4) is 5.75 Å². The first-order chi connectivity index (χ1) is 10.1. The molecule has 21 heavy (non-hydrogen) atoms. The number of carbonyl (C=O) groups is 1. The zero-order chi connectivity index (χ0) is 15.2. The Balaban J connectivity index is 2.13. The number of carbonyl (C=O) groups excluding carboxylic acids is 1. The van der Waals surface area contributed by atoms with Crippen LogP contribution in [-0.4, -0.2) is 29.4 Å². The highest BCUT2D eigenvalue weighted by Crippen LogP contribution is 2.14. The van der Waals surface area contributed by atoms with Gasteiger partial charge in [-0.05, 0) is 43.7 Å². The summed E-state index contributed by atoms with van der Waals surface area (Å²) in [5, 5.41) is 0. The SMILES string of the molecule is CCN(Cc1ccc(OC)cc1)C(=O)c1cccc(C)n1. The van der Waals surface area contributed by atoms with Crippen LogP contribution in [0.2, 0.25) is 0 Å². The summed E-state index contributed by atoms with van der Waals surface area (Å²) in [7, 11) is 1.64. The first-order valence-corrected chi connectivity index (χ1v) is 7.00. The van der Waals surface area contributed by atoms with Gasteiger partial charge in [-0.2, -0.15) is 0 Å². The number of hydrogen-bond acceptors (Lipinski definition) is 3. The van der Waals surface area contributed by atoms with Gasteiger partial charge < -0.3 is 9.64 Å². The number of aryl methyl sites for hydroxylation is 1. The normalized spacial score (nSPS) is 10.2.